The molecule has 3 aromatic heterocycles. The van der Waals surface area contributed by atoms with E-state index in [1.165, 1.54) is 24.9 Å². The first-order valence-electron chi connectivity index (χ1n) is 13.9. The Morgan fingerprint density at radius 3 is 2.59 bits per heavy atom. The highest BCUT2D eigenvalue weighted by atomic mass is 16.2. The number of likely N-dealkylation sites (tertiary alicyclic amines) is 1. The van der Waals surface area contributed by atoms with Crippen molar-refractivity contribution in [3.63, 3.8) is 0 Å². The third-order valence-electron chi connectivity index (χ3n) is 8.68. The number of nitrogens with two attached hydrogens (primary N) is 1. The molecular formula is C29H39N7O. The quantitative estimate of drug-likeness (QED) is 0.577. The Morgan fingerprint density at radius 2 is 1.89 bits per heavy atom. The summed E-state index contributed by atoms with van der Waals surface area (Å²) in [5.74, 6) is 0.977. The van der Waals surface area contributed by atoms with E-state index in [-0.39, 0.29) is 17.9 Å². The van der Waals surface area contributed by atoms with Crippen molar-refractivity contribution in [1.29, 1.82) is 0 Å². The summed E-state index contributed by atoms with van der Waals surface area (Å²) in [6.45, 7) is 10.1. The molecule has 37 heavy (non-hydrogen) atoms. The number of amides is 1. The Hall–Kier alpha value is -2.97. The van der Waals surface area contributed by atoms with Gasteiger partial charge in [0.05, 0.1) is 16.9 Å². The summed E-state index contributed by atoms with van der Waals surface area (Å²) in [6.07, 6.45) is 10.2. The molecule has 2 saturated heterocycles. The van der Waals surface area contributed by atoms with Crippen molar-refractivity contribution in [1.82, 2.24) is 24.4 Å². The van der Waals surface area contributed by atoms with E-state index in [1.54, 1.807) is 0 Å². The second-order valence-electron chi connectivity index (χ2n) is 11.4. The number of carbonyl (C=O) groups is 1. The highest BCUT2D eigenvalue weighted by Gasteiger charge is 2.36. The molecule has 1 atom stereocenters. The summed E-state index contributed by atoms with van der Waals surface area (Å²) in [6, 6.07) is 9.50. The van der Waals surface area contributed by atoms with Crippen LogP contribution in [0.15, 0.2) is 42.9 Å². The molecule has 1 aliphatic carbocycles. The topological polar surface area (TPSA) is 83.0 Å². The molecule has 8 nitrogen and oxygen atoms in total. The molecule has 0 bridgehead atoms. The second-order valence-corrected chi connectivity index (χ2v) is 11.4. The zero-order valence-corrected chi connectivity index (χ0v) is 22.1. The molecule has 196 valence electrons. The molecule has 0 unspecified atom stereocenters. The van der Waals surface area contributed by atoms with Crippen LogP contribution in [0.1, 0.15) is 51.0 Å². The Bertz CT molecular complexity index is 1240. The fraction of sp³-hybridized carbons (Fsp3) is 0.552. The number of rotatable bonds is 5. The van der Waals surface area contributed by atoms with Crippen LogP contribution in [0.3, 0.4) is 0 Å². The summed E-state index contributed by atoms with van der Waals surface area (Å²) >= 11 is 0. The summed E-state index contributed by atoms with van der Waals surface area (Å²) in [5, 5.41) is 4.57. The number of aromatic nitrogens is 3. The normalized spacial score (nSPS) is 25.0. The summed E-state index contributed by atoms with van der Waals surface area (Å²) in [7, 11) is 0. The number of carbonyl (C=O) groups excluding carboxylic acids is 1. The number of fused-ring (bicyclic) bond motifs is 1. The van der Waals surface area contributed by atoms with E-state index in [0.29, 0.717) is 12.0 Å². The molecule has 5 heterocycles. The molecule has 1 saturated carbocycles. The van der Waals surface area contributed by atoms with Gasteiger partial charge in [0, 0.05) is 74.9 Å². The number of pyridine rings is 1. The van der Waals surface area contributed by atoms with Crippen molar-refractivity contribution in [3.8, 4) is 11.3 Å². The zero-order valence-electron chi connectivity index (χ0n) is 22.1. The van der Waals surface area contributed by atoms with Crippen molar-refractivity contribution in [2.24, 2.45) is 11.7 Å². The molecule has 8 heteroatoms. The number of hydrogen-bond donors (Lipinski definition) is 1. The van der Waals surface area contributed by atoms with Gasteiger partial charge in [-0.2, -0.15) is 5.10 Å². The van der Waals surface area contributed by atoms with Crippen LogP contribution in [-0.4, -0.2) is 81.7 Å². The van der Waals surface area contributed by atoms with Crippen LogP contribution in [0.5, 0.6) is 0 Å². The maximum absolute atomic E-state index is 12.7. The van der Waals surface area contributed by atoms with E-state index in [1.807, 2.05) is 15.6 Å². The van der Waals surface area contributed by atoms with Crippen LogP contribution in [-0.2, 0) is 4.79 Å². The van der Waals surface area contributed by atoms with Gasteiger partial charge in [-0.3, -0.25) is 9.78 Å². The van der Waals surface area contributed by atoms with Crippen molar-refractivity contribution in [3.05, 3.63) is 48.4 Å². The first-order valence-corrected chi connectivity index (χ1v) is 13.9. The molecular weight excluding hydrogens is 462 g/mol. The van der Waals surface area contributed by atoms with Gasteiger partial charge in [0.25, 0.3) is 0 Å². The minimum atomic E-state index is 0.133. The van der Waals surface area contributed by atoms with Gasteiger partial charge in [0.1, 0.15) is 0 Å². The molecule has 2 aliphatic heterocycles. The largest absolute Gasteiger partial charge is 0.366 e. The van der Waals surface area contributed by atoms with E-state index >= 15 is 0 Å². The van der Waals surface area contributed by atoms with Crippen molar-refractivity contribution >= 4 is 17.1 Å². The van der Waals surface area contributed by atoms with E-state index in [0.717, 1.165) is 68.0 Å². The number of piperazine rings is 1. The summed E-state index contributed by atoms with van der Waals surface area (Å²) < 4.78 is 1.95. The Balaban J connectivity index is 1.15. The predicted molar refractivity (Wildman–Crippen MR) is 147 cm³/mol. The zero-order chi connectivity index (χ0) is 25.5. The average molecular weight is 502 g/mol. The maximum atomic E-state index is 12.7. The van der Waals surface area contributed by atoms with Gasteiger partial charge < -0.3 is 20.4 Å². The Morgan fingerprint density at radius 1 is 1.08 bits per heavy atom. The lowest BCUT2D eigenvalue weighted by Gasteiger charge is -2.40. The number of nitrogens with zero attached hydrogens (tertiary/aromatic N) is 6. The van der Waals surface area contributed by atoms with Gasteiger partial charge >= 0.3 is 0 Å². The third-order valence-corrected chi connectivity index (χ3v) is 8.68. The molecule has 2 N–H and O–H groups in total. The molecule has 0 spiro atoms. The minimum Gasteiger partial charge on any atom is -0.366 e. The smallest absolute Gasteiger partial charge is 0.225 e. The van der Waals surface area contributed by atoms with Crippen LogP contribution in [0.4, 0.5) is 5.69 Å². The number of hydrogen-bond acceptors (Lipinski definition) is 6. The maximum Gasteiger partial charge on any atom is 0.225 e. The van der Waals surface area contributed by atoms with Crippen molar-refractivity contribution < 1.29 is 4.79 Å². The van der Waals surface area contributed by atoms with Gasteiger partial charge in [-0.05, 0) is 75.8 Å². The van der Waals surface area contributed by atoms with E-state index in [2.05, 4.69) is 65.4 Å². The van der Waals surface area contributed by atoms with Crippen LogP contribution < -0.4 is 10.6 Å². The number of anilines is 1. The molecule has 0 radical (unpaired) electrons. The van der Waals surface area contributed by atoms with Crippen LogP contribution >= 0.6 is 0 Å². The monoisotopic (exact) mass is 501 g/mol. The first-order chi connectivity index (χ1) is 18.0. The van der Waals surface area contributed by atoms with Gasteiger partial charge in [-0.25, -0.2) is 4.52 Å². The third kappa shape index (κ3) is 4.84. The molecule has 6 rings (SSSR count). The molecule has 1 amide bonds. The average Bonchev–Trinajstić information content (AvgIpc) is 3.36. The summed E-state index contributed by atoms with van der Waals surface area (Å²) in [5.41, 5.74) is 11.5. The molecule has 3 aliphatic rings. The van der Waals surface area contributed by atoms with Crippen LogP contribution in [0.25, 0.3) is 16.8 Å². The lowest BCUT2D eigenvalue weighted by Crippen LogP contribution is -2.53. The van der Waals surface area contributed by atoms with E-state index in [4.69, 9.17) is 10.7 Å². The van der Waals surface area contributed by atoms with Crippen molar-refractivity contribution in [2.75, 3.05) is 44.2 Å². The molecule has 3 fully saturated rings. The number of piperidine rings is 1. The first kappa shape index (κ1) is 24.4. The SMILES string of the molecule is CC(C)N1CCC[C@H](c2ccc(-c3cc4c(N5CCN(C(=O)C6CC(N)C6)CC5)ccnn4c3)nc2)C1. The highest BCUT2D eigenvalue weighted by Crippen LogP contribution is 2.32. The van der Waals surface area contributed by atoms with Gasteiger partial charge in [-0.1, -0.05) is 6.07 Å². The van der Waals surface area contributed by atoms with E-state index < -0.39 is 0 Å². The molecule has 3 aromatic rings. The van der Waals surface area contributed by atoms with Gasteiger partial charge in [0.2, 0.25) is 5.91 Å². The predicted octanol–water partition coefficient (Wildman–Crippen LogP) is 3.37. The summed E-state index contributed by atoms with van der Waals surface area (Å²) in [4.78, 5) is 24.6. The van der Waals surface area contributed by atoms with Crippen LogP contribution in [0, 0.1) is 5.92 Å². The van der Waals surface area contributed by atoms with Crippen LogP contribution in [0.2, 0.25) is 0 Å². The van der Waals surface area contributed by atoms with E-state index in [9.17, 15) is 4.79 Å². The lowest BCUT2D eigenvalue weighted by atomic mass is 9.80. The Kier molecular flexibility index (Phi) is 6.63. The minimum absolute atomic E-state index is 0.133. The second kappa shape index (κ2) is 10.1. The fourth-order valence-corrected chi connectivity index (χ4v) is 6.26. The van der Waals surface area contributed by atoms with Gasteiger partial charge in [-0.15, -0.1) is 0 Å². The fourth-order valence-electron chi connectivity index (χ4n) is 6.26. The van der Waals surface area contributed by atoms with Crippen molar-refractivity contribution in [2.45, 2.75) is 57.5 Å². The lowest BCUT2D eigenvalue weighted by molar-refractivity contribution is -0.139. The molecule has 0 aromatic carbocycles. The standard InChI is InChI=1S/C29H39N7O/c1-20(2)35-9-3-4-22(18-35)21-5-6-26(31-17-21)24-16-28-27(7-8-32-36(28)19-24)33-10-12-34(13-11-33)29(37)23-14-25(30)15-23/h5-8,16-17,19-20,22-23,25H,3-4,9-15,18,30H2,1-2H3/t22-,23?,25?/m0/s1. The van der Waals surface area contributed by atoms with Gasteiger partial charge in [0.15, 0.2) is 0 Å². The highest BCUT2D eigenvalue weighted by molar-refractivity contribution is 5.81. The Labute approximate surface area is 219 Å².